The van der Waals surface area contributed by atoms with Gasteiger partial charge in [0.25, 0.3) is 0 Å². The Morgan fingerprint density at radius 3 is 2.16 bits per heavy atom. The summed E-state index contributed by atoms with van der Waals surface area (Å²) in [5.41, 5.74) is 4.60. The van der Waals surface area contributed by atoms with Crippen molar-refractivity contribution in [3.8, 4) is 0 Å². The first-order valence-corrected chi connectivity index (χ1v) is 12.7. The molecular formula is C24H33N3O3S. The van der Waals surface area contributed by atoms with E-state index in [-0.39, 0.29) is 5.91 Å². The molecule has 1 unspecified atom stereocenters. The van der Waals surface area contributed by atoms with E-state index >= 15 is 0 Å². The van der Waals surface area contributed by atoms with Crippen molar-refractivity contribution in [1.29, 1.82) is 0 Å². The monoisotopic (exact) mass is 443 g/mol. The van der Waals surface area contributed by atoms with E-state index in [0.29, 0.717) is 12.2 Å². The van der Waals surface area contributed by atoms with Crippen LogP contribution in [-0.4, -0.2) is 39.7 Å². The van der Waals surface area contributed by atoms with Crippen LogP contribution in [0.2, 0.25) is 0 Å². The third-order valence-electron chi connectivity index (χ3n) is 5.67. The molecule has 0 radical (unpaired) electrons. The van der Waals surface area contributed by atoms with Gasteiger partial charge in [-0.3, -0.25) is 9.10 Å². The standard InChI is InChI=1S/C24H33N3O3S/c1-18-14-19(2)16-23(15-18)27(31(4,29)30)20(3)24(28)25-17-21-8-10-22(11-9-21)26-12-6-5-7-13-26/h8-11,14-16,20H,5-7,12-13,17H2,1-4H3,(H,25,28). The normalized spacial score (nSPS) is 15.4. The molecule has 1 amide bonds. The Kier molecular flexibility index (Phi) is 7.26. The molecule has 3 rings (SSSR count). The van der Waals surface area contributed by atoms with Gasteiger partial charge in [-0.05, 0) is 81.0 Å². The Morgan fingerprint density at radius 2 is 1.61 bits per heavy atom. The zero-order valence-corrected chi connectivity index (χ0v) is 19.7. The minimum atomic E-state index is -3.63. The topological polar surface area (TPSA) is 69.7 Å². The van der Waals surface area contributed by atoms with Gasteiger partial charge in [0.2, 0.25) is 15.9 Å². The van der Waals surface area contributed by atoms with Crippen molar-refractivity contribution in [2.45, 2.75) is 52.6 Å². The number of rotatable bonds is 7. The molecular weight excluding hydrogens is 410 g/mol. The van der Waals surface area contributed by atoms with Gasteiger partial charge in [-0.15, -0.1) is 0 Å². The SMILES string of the molecule is Cc1cc(C)cc(N(C(C)C(=O)NCc2ccc(N3CCCCC3)cc2)S(C)(=O)=O)c1. The maximum atomic E-state index is 12.8. The summed E-state index contributed by atoms with van der Waals surface area (Å²) >= 11 is 0. The van der Waals surface area contributed by atoms with Crippen LogP contribution in [-0.2, 0) is 21.4 Å². The Bertz CT molecular complexity index is 993. The fourth-order valence-corrected chi connectivity index (χ4v) is 5.36. The minimum absolute atomic E-state index is 0.329. The summed E-state index contributed by atoms with van der Waals surface area (Å²) < 4.78 is 26.2. The smallest absolute Gasteiger partial charge is 0.243 e. The summed E-state index contributed by atoms with van der Waals surface area (Å²) in [4.78, 5) is 15.2. The molecule has 2 aromatic carbocycles. The highest BCUT2D eigenvalue weighted by Gasteiger charge is 2.29. The lowest BCUT2D eigenvalue weighted by atomic mass is 10.1. The molecule has 1 atom stereocenters. The van der Waals surface area contributed by atoms with Crippen molar-refractivity contribution in [1.82, 2.24) is 5.32 Å². The van der Waals surface area contributed by atoms with Gasteiger partial charge in [-0.1, -0.05) is 18.2 Å². The molecule has 0 saturated carbocycles. The van der Waals surface area contributed by atoms with Gasteiger partial charge in [0.1, 0.15) is 6.04 Å². The van der Waals surface area contributed by atoms with Crippen molar-refractivity contribution in [3.05, 3.63) is 59.2 Å². The van der Waals surface area contributed by atoms with E-state index in [1.54, 1.807) is 19.1 Å². The number of hydrogen-bond donors (Lipinski definition) is 1. The number of sulfonamides is 1. The van der Waals surface area contributed by atoms with E-state index in [1.165, 1.54) is 29.3 Å². The molecule has 0 bridgehead atoms. The molecule has 0 spiro atoms. The number of hydrogen-bond acceptors (Lipinski definition) is 4. The van der Waals surface area contributed by atoms with Crippen LogP contribution < -0.4 is 14.5 Å². The number of nitrogens with zero attached hydrogens (tertiary/aromatic N) is 2. The van der Waals surface area contributed by atoms with Crippen LogP contribution in [0.3, 0.4) is 0 Å². The second-order valence-corrected chi connectivity index (χ2v) is 10.4. The molecule has 0 aromatic heterocycles. The summed E-state index contributed by atoms with van der Waals surface area (Å²) in [5, 5.41) is 2.89. The van der Waals surface area contributed by atoms with Gasteiger partial charge in [-0.25, -0.2) is 8.42 Å². The summed E-state index contributed by atoms with van der Waals surface area (Å²) in [6.07, 6.45) is 4.89. The molecule has 1 heterocycles. The molecule has 0 aliphatic carbocycles. The maximum absolute atomic E-state index is 12.8. The highest BCUT2D eigenvalue weighted by atomic mass is 32.2. The Hall–Kier alpha value is -2.54. The lowest BCUT2D eigenvalue weighted by Crippen LogP contribution is -2.47. The fraction of sp³-hybridized carbons (Fsp3) is 0.458. The third-order valence-corrected chi connectivity index (χ3v) is 6.92. The molecule has 168 valence electrons. The van der Waals surface area contributed by atoms with E-state index in [0.717, 1.165) is 36.0 Å². The number of nitrogens with one attached hydrogen (secondary N) is 1. The average Bonchev–Trinajstić information content (AvgIpc) is 2.71. The van der Waals surface area contributed by atoms with Crippen molar-refractivity contribution in [2.75, 3.05) is 28.6 Å². The highest BCUT2D eigenvalue weighted by molar-refractivity contribution is 7.92. The van der Waals surface area contributed by atoms with Crippen molar-refractivity contribution < 1.29 is 13.2 Å². The Morgan fingerprint density at radius 1 is 1.03 bits per heavy atom. The van der Waals surface area contributed by atoms with Gasteiger partial charge in [0, 0.05) is 25.3 Å². The summed E-state index contributed by atoms with van der Waals surface area (Å²) in [7, 11) is -3.63. The molecule has 6 nitrogen and oxygen atoms in total. The predicted octanol–water partition coefficient (Wildman–Crippen LogP) is 3.76. The zero-order valence-electron chi connectivity index (χ0n) is 18.9. The van der Waals surface area contributed by atoms with Gasteiger partial charge >= 0.3 is 0 Å². The minimum Gasteiger partial charge on any atom is -0.372 e. The molecule has 1 N–H and O–H groups in total. The van der Waals surface area contributed by atoms with Crippen LogP contribution in [0.15, 0.2) is 42.5 Å². The van der Waals surface area contributed by atoms with Crippen LogP contribution in [0, 0.1) is 13.8 Å². The highest BCUT2D eigenvalue weighted by Crippen LogP contribution is 2.24. The van der Waals surface area contributed by atoms with Crippen molar-refractivity contribution in [3.63, 3.8) is 0 Å². The first kappa shape index (κ1) is 23.1. The average molecular weight is 444 g/mol. The number of anilines is 2. The van der Waals surface area contributed by atoms with Gasteiger partial charge in [0.05, 0.1) is 11.9 Å². The third kappa shape index (κ3) is 6.00. The van der Waals surface area contributed by atoms with Crippen LogP contribution in [0.5, 0.6) is 0 Å². The van der Waals surface area contributed by atoms with Crippen molar-refractivity contribution >= 4 is 27.3 Å². The van der Waals surface area contributed by atoms with Crippen LogP contribution in [0.1, 0.15) is 42.9 Å². The number of amides is 1. The first-order valence-electron chi connectivity index (χ1n) is 10.8. The number of aryl methyl sites for hydroxylation is 2. The van der Waals surface area contributed by atoms with E-state index in [1.807, 2.05) is 32.0 Å². The number of benzene rings is 2. The van der Waals surface area contributed by atoms with Gasteiger partial charge in [-0.2, -0.15) is 0 Å². The van der Waals surface area contributed by atoms with E-state index in [2.05, 4.69) is 22.3 Å². The lowest BCUT2D eigenvalue weighted by molar-refractivity contribution is -0.122. The second-order valence-electron chi connectivity index (χ2n) is 8.51. The second kappa shape index (κ2) is 9.73. The Balaban J connectivity index is 1.68. The molecule has 1 aliphatic heterocycles. The summed E-state index contributed by atoms with van der Waals surface area (Å²) in [6, 6.07) is 12.9. The molecule has 2 aromatic rings. The number of carbonyl (C=O) groups excluding carboxylic acids is 1. The lowest BCUT2D eigenvalue weighted by Gasteiger charge is -2.29. The van der Waals surface area contributed by atoms with E-state index in [9.17, 15) is 13.2 Å². The summed E-state index contributed by atoms with van der Waals surface area (Å²) in [5.74, 6) is -0.329. The summed E-state index contributed by atoms with van der Waals surface area (Å²) in [6.45, 7) is 7.98. The maximum Gasteiger partial charge on any atom is 0.243 e. The van der Waals surface area contributed by atoms with Crippen LogP contribution in [0.4, 0.5) is 11.4 Å². The largest absolute Gasteiger partial charge is 0.372 e. The van der Waals surface area contributed by atoms with Crippen LogP contribution in [0.25, 0.3) is 0 Å². The molecule has 1 aliphatic rings. The first-order chi connectivity index (χ1) is 14.6. The van der Waals surface area contributed by atoms with E-state index in [4.69, 9.17) is 0 Å². The molecule has 1 fully saturated rings. The zero-order chi connectivity index (χ0) is 22.6. The number of piperidine rings is 1. The fourth-order valence-electron chi connectivity index (χ4n) is 4.20. The molecule has 7 heteroatoms. The van der Waals surface area contributed by atoms with Gasteiger partial charge < -0.3 is 10.2 Å². The quantitative estimate of drug-likeness (QED) is 0.707. The molecule has 31 heavy (non-hydrogen) atoms. The predicted molar refractivity (Wildman–Crippen MR) is 127 cm³/mol. The van der Waals surface area contributed by atoms with Gasteiger partial charge in [0.15, 0.2) is 0 Å². The van der Waals surface area contributed by atoms with Crippen LogP contribution >= 0.6 is 0 Å². The molecule has 1 saturated heterocycles. The Labute approximate surface area is 186 Å². The number of carbonyl (C=O) groups is 1. The van der Waals surface area contributed by atoms with E-state index < -0.39 is 16.1 Å². The van der Waals surface area contributed by atoms with Crippen molar-refractivity contribution in [2.24, 2.45) is 0 Å².